The summed E-state index contributed by atoms with van der Waals surface area (Å²) in [5, 5.41) is 20.7. The van der Waals surface area contributed by atoms with Crippen molar-refractivity contribution in [2.75, 3.05) is 19.8 Å². The standard InChI is InChI=1S/C26H47NO3/c1-6-7-8-9-23(28)10-11-24-25-17-21(16-22(25)18-26(24)29)12-14-30-15-13-27(19(2)3)20(4)5/h10-12,19-20,22-26,28-29H,6-9,13-18H2,1-5H3/t22-,23-,24+,25-,26+/m0/s1. The molecule has 0 aliphatic heterocycles. The monoisotopic (exact) mass is 421 g/mol. The first-order chi connectivity index (χ1) is 14.3. The minimum atomic E-state index is -0.371. The van der Waals surface area contributed by atoms with Crippen LogP contribution in [0.1, 0.15) is 79.6 Å². The number of aliphatic hydroxyl groups is 2. The van der Waals surface area contributed by atoms with E-state index in [0.717, 1.165) is 45.3 Å². The summed E-state index contributed by atoms with van der Waals surface area (Å²) in [6, 6.07) is 1.09. The molecule has 2 aliphatic carbocycles. The van der Waals surface area contributed by atoms with Crippen LogP contribution in [0.3, 0.4) is 0 Å². The topological polar surface area (TPSA) is 52.9 Å². The van der Waals surface area contributed by atoms with Gasteiger partial charge < -0.3 is 14.9 Å². The van der Waals surface area contributed by atoms with Crippen LogP contribution in [0.4, 0.5) is 0 Å². The molecule has 174 valence electrons. The third-order valence-corrected chi connectivity index (χ3v) is 7.08. The van der Waals surface area contributed by atoms with Crippen molar-refractivity contribution in [2.24, 2.45) is 17.8 Å². The molecule has 0 bridgehead atoms. The number of fused-ring (bicyclic) bond motifs is 1. The predicted octanol–water partition coefficient (Wildman–Crippen LogP) is 4.95. The van der Waals surface area contributed by atoms with Gasteiger partial charge >= 0.3 is 0 Å². The van der Waals surface area contributed by atoms with Gasteiger partial charge in [-0.25, -0.2) is 0 Å². The molecule has 0 aromatic heterocycles. The molecule has 2 fully saturated rings. The van der Waals surface area contributed by atoms with Gasteiger partial charge in [0.05, 0.1) is 25.4 Å². The van der Waals surface area contributed by atoms with Crippen LogP contribution < -0.4 is 0 Å². The molecule has 2 N–H and O–H groups in total. The van der Waals surface area contributed by atoms with Crippen LogP contribution in [0.15, 0.2) is 23.8 Å². The summed E-state index contributed by atoms with van der Waals surface area (Å²) in [6.45, 7) is 13.6. The summed E-state index contributed by atoms with van der Waals surface area (Å²) in [6.07, 6.45) is 13.0. The fourth-order valence-corrected chi connectivity index (χ4v) is 5.44. The molecule has 2 aliphatic rings. The Hall–Kier alpha value is -0.680. The third kappa shape index (κ3) is 7.78. The van der Waals surface area contributed by atoms with Gasteiger partial charge in [-0.2, -0.15) is 0 Å². The van der Waals surface area contributed by atoms with Crippen LogP contribution in [0.2, 0.25) is 0 Å². The molecule has 0 amide bonds. The first kappa shape index (κ1) is 25.6. The van der Waals surface area contributed by atoms with E-state index in [4.69, 9.17) is 4.74 Å². The van der Waals surface area contributed by atoms with Crippen molar-refractivity contribution >= 4 is 0 Å². The van der Waals surface area contributed by atoms with E-state index in [1.165, 1.54) is 18.4 Å². The van der Waals surface area contributed by atoms with E-state index in [-0.39, 0.29) is 18.1 Å². The molecule has 5 atom stereocenters. The van der Waals surface area contributed by atoms with Gasteiger partial charge in [-0.3, -0.25) is 4.90 Å². The zero-order valence-electron chi connectivity index (χ0n) is 20.1. The lowest BCUT2D eigenvalue weighted by Crippen LogP contribution is -2.39. The quantitative estimate of drug-likeness (QED) is 0.326. The highest BCUT2D eigenvalue weighted by Crippen LogP contribution is 2.50. The Bertz CT molecular complexity index is 534. The van der Waals surface area contributed by atoms with Gasteiger partial charge in [-0.15, -0.1) is 0 Å². The van der Waals surface area contributed by atoms with E-state index in [2.05, 4.69) is 51.7 Å². The maximum atomic E-state index is 10.5. The van der Waals surface area contributed by atoms with Gasteiger partial charge in [-0.1, -0.05) is 50.0 Å². The molecule has 0 aromatic rings. The van der Waals surface area contributed by atoms with E-state index < -0.39 is 0 Å². The number of hydrogen-bond acceptors (Lipinski definition) is 4. The second-order valence-corrected chi connectivity index (χ2v) is 10.0. The lowest BCUT2D eigenvalue weighted by atomic mass is 9.90. The zero-order valence-corrected chi connectivity index (χ0v) is 20.1. The van der Waals surface area contributed by atoms with Crippen molar-refractivity contribution in [3.8, 4) is 0 Å². The van der Waals surface area contributed by atoms with E-state index in [1.54, 1.807) is 0 Å². The van der Waals surface area contributed by atoms with Gasteiger partial charge in [0.25, 0.3) is 0 Å². The third-order valence-electron chi connectivity index (χ3n) is 7.08. The summed E-state index contributed by atoms with van der Waals surface area (Å²) in [7, 11) is 0. The van der Waals surface area contributed by atoms with Gasteiger partial charge in [0.15, 0.2) is 0 Å². The summed E-state index contributed by atoms with van der Waals surface area (Å²) in [4.78, 5) is 2.46. The maximum absolute atomic E-state index is 10.5. The van der Waals surface area contributed by atoms with Crippen molar-refractivity contribution in [2.45, 2.75) is 104 Å². The Morgan fingerprint density at radius 3 is 2.53 bits per heavy atom. The van der Waals surface area contributed by atoms with Gasteiger partial charge in [0.1, 0.15) is 0 Å². The molecule has 0 unspecified atom stereocenters. The summed E-state index contributed by atoms with van der Waals surface area (Å²) in [5.41, 5.74) is 1.49. The van der Waals surface area contributed by atoms with Crippen LogP contribution in [0, 0.1) is 17.8 Å². The second kappa shape index (κ2) is 13.0. The smallest absolute Gasteiger partial charge is 0.0721 e. The molecular formula is C26H47NO3. The van der Waals surface area contributed by atoms with Crippen molar-refractivity contribution in [1.29, 1.82) is 0 Å². The molecule has 30 heavy (non-hydrogen) atoms. The average Bonchev–Trinajstić information content (AvgIpc) is 3.18. The number of rotatable bonds is 13. The molecule has 0 aromatic carbocycles. The van der Waals surface area contributed by atoms with Crippen LogP contribution >= 0.6 is 0 Å². The normalized spacial score (nSPS) is 29.2. The molecule has 2 saturated carbocycles. The van der Waals surface area contributed by atoms with E-state index in [0.29, 0.717) is 30.5 Å². The molecule has 4 heteroatoms. The Morgan fingerprint density at radius 1 is 1.13 bits per heavy atom. The number of nitrogens with zero attached hydrogens (tertiary/aromatic N) is 1. The largest absolute Gasteiger partial charge is 0.392 e. The van der Waals surface area contributed by atoms with Gasteiger partial charge in [-0.05, 0) is 65.2 Å². The Balaban J connectivity index is 1.76. The Kier molecular flexibility index (Phi) is 11.1. The molecule has 0 radical (unpaired) electrons. The number of ether oxygens (including phenoxy) is 1. The van der Waals surface area contributed by atoms with Crippen LogP contribution in [0.25, 0.3) is 0 Å². The minimum absolute atomic E-state index is 0.188. The molecule has 4 nitrogen and oxygen atoms in total. The molecule has 0 heterocycles. The van der Waals surface area contributed by atoms with E-state index >= 15 is 0 Å². The van der Waals surface area contributed by atoms with Crippen molar-refractivity contribution in [1.82, 2.24) is 4.90 Å². The molecule has 2 rings (SSSR count). The van der Waals surface area contributed by atoms with Crippen LogP contribution in [0.5, 0.6) is 0 Å². The lowest BCUT2D eigenvalue weighted by Gasteiger charge is -2.30. The lowest BCUT2D eigenvalue weighted by molar-refractivity contribution is 0.0919. The van der Waals surface area contributed by atoms with E-state index in [1.807, 2.05) is 6.08 Å². The van der Waals surface area contributed by atoms with Crippen LogP contribution in [-0.2, 0) is 4.74 Å². The summed E-state index contributed by atoms with van der Waals surface area (Å²) >= 11 is 0. The van der Waals surface area contributed by atoms with Crippen molar-refractivity contribution < 1.29 is 14.9 Å². The first-order valence-electron chi connectivity index (χ1n) is 12.4. The van der Waals surface area contributed by atoms with Crippen molar-refractivity contribution in [3.63, 3.8) is 0 Å². The highest BCUT2D eigenvalue weighted by atomic mass is 16.5. The Labute approximate surface area is 185 Å². The highest BCUT2D eigenvalue weighted by Gasteiger charge is 2.44. The highest BCUT2D eigenvalue weighted by molar-refractivity contribution is 5.18. The molecular weight excluding hydrogens is 374 g/mol. The fourth-order valence-electron chi connectivity index (χ4n) is 5.44. The number of unbranched alkanes of at least 4 members (excludes halogenated alkanes) is 2. The van der Waals surface area contributed by atoms with Gasteiger partial charge in [0.2, 0.25) is 0 Å². The zero-order chi connectivity index (χ0) is 22.1. The van der Waals surface area contributed by atoms with Crippen LogP contribution in [-0.4, -0.2) is 59.2 Å². The fraction of sp³-hybridized carbons (Fsp3) is 0.846. The number of allylic oxidation sites excluding steroid dienone is 1. The van der Waals surface area contributed by atoms with Gasteiger partial charge in [0, 0.05) is 24.5 Å². The Morgan fingerprint density at radius 2 is 1.87 bits per heavy atom. The number of hydrogen-bond donors (Lipinski definition) is 2. The predicted molar refractivity (Wildman–Crippen MR) is 125 cm³/mol. The summed E-state index contributed by atoms with van der Waals surface area (Å²) in [5.74, 6) is 1.28. The maximum Gasteiger partial charge on any atom is 0.0721 e. The average molecular weight is 422 g/mol. The molecule has 0 spiro atoms. The summed E-state index contributed by atoms with van der Waals surface area (Å²) < 4.78 is 5.91. The number of aliphatic hydroxyl groups excluding tert-OH is 2. The first-order valence-corrected chi connectivity index (χ1v) is 12.4. The SMILES string of the molecule is CCCCC[C@H](O)C=C[C@@H]1[C@H]2CC(=CCOCCN(C(C)C)C(C)C)C[C@H]2C[C@H]1O. The molecule has 0 saturated heterocycles. The second-order valence-electron chi connectivity index (χ2n) is 10.0. The minimum Gasteiger partial charge on any atom is -0.392 e. The van der Waals surface area contributed by atoms with Crippen molar-refractivity contribution in [3.05, 3.63) is 23.8 Å². The van der Waals surface area contributed by atoms with E-state index in [9.17, 15) is 10.2 Å².